The fourth-order valence-electron chi connectivity index (χ4n) is 1.59. The van der Waals surface area contributed by atoms with Gasteiger partial charge in [-0.15, -0.1) is 0 Å². The molecule has 76 valence electrons. The first-order valence-corrected chi connectivity index (χ1v) is 5.29. The summed E-state index contributed by atoms with van der Waals surface area (Å²) in [4.78, 5) is 3.95. The Hall–Kier alpha value is -1.25. The highest BCUT2D eigenvalue weighted by molar-refractivity contribution is 5.63. The summed E-state index contributed by atoms with van der Waals surface area (Å²) in [5, 5.41) is 3.33. The predicted molar refractivity (Wildman–Crippen MR) is 59.1 cm³/mol. The molecule has 0 aromatic carbocycles. The van der Waals surface area contributed by atoms with Crippen LogP contribution in [0.15, 0.2) is 18.5 Å². The zero-order chi connectivity index (χ0) is 9.80. The van der Waals surface area contributed by atoms with Crippen molar-refractivity contribution in [2.75, 3.05) is 17.6 Å². The molecular formula is C11H17N3. The second-order valence-electron chi connectivity index (χ2n) is 3.98. The smallest absolute Gasteiger partial charge is 0.0736 e. The molecule has 0 unspecified atom stereocenters. The second kappa shape index (κ2) is 4.31. The average Bonchev–Trinajstić information content (AvgIpc) is 2.99. The first-order chi connectivity index (χ1) is 6.86. The van der Waals surface area contributed by atoms with Gasteiger partial charge in [0.2, 0.25) is 0 Å². The number of rotatable bonds is 5. The van der Waals surface area contributed by atoms with E-state index in [2.05, 4.69) is 10.3 Å². The number of hydrogen-bond acceptors (Lipinski definition) is 3. The van der Waals surface area contributed by atoms with Crippen LogP contribution in [0.25, 0.3) is 0 Å². The molecule has 1 aliphatic rings. The summed E-state index contributed by atoms with van der Waals surface area (Å²) >= 11 is 0. The van der Waals surface area contributed by atoms with E-state index in [9.17, 15) is 0 Å². The van der Waals surface area contributed by atoms with Crippen LogP contribution in [0.3, 0.4) is 0 Å². The number of nitrogens with zero attached hydrogens (tertiary/aromatic N) is 1. The van der Waals surface area contributed by atoms with Crippen molar-refractivity contribution >= 4 is 11.4 Å². The fraction of sp³-hybridized carbons (Fsp3) is 0.545. The Morgan fingerprint density at radius 1 is 1.50 bits per heavy atom. The number of nitrogens with two attached hydrogens (primary N) is 1. The molecule has 1 aromatic heterocycles. The van der Waals surface area contributed by atoms with Crippen LogP contribution in [-0.4, -0.2) is 11.5 Å². The minimum Gasteiger partial charge on any atom is -0.396 e. The minimum atomic E-state index is 0.735. The monoisotopic (exact) mass is 191 g/mol. The van der Waals surface area contributed by atoms with Crippen LogP contribution in [0.1, 0.15) is 25.7 Å². The van der Waals surface area contributed by atoms with Crippen LogP contribution in [0, 0.1) is 5.92 Å². The number of nitrogens with one attached hydrogen (secondary N) is 1. The number of hydrogen-bond donors (Lipinski definition) is 2. The fourth-order valence-corrected chi connectivity index (χ4v) is 1.59. The molecule has 3 N–H and O–H groups in total. The van der Waals surface area contributed by atoms with Gasteiger partial charge in [0.25, 0.3) is 0 Å². The van der Waals surface area contributed by atoms with E-state index in [4.69, 9.17) is 5.73 Å². The lowest BCUT2D eigenvalue weighted by Gasteiger charge is -2.07. The van der Waals surface area contributed by atoms with Gasteiger partial charge in [0.1, 0.15) is 0 Å². The Kier molecular flexibility index (Phi) is 2.87. The first kappa shape index (κ1) is 9.31. The highest BCUT2D eigenvalue weighted by Crippen LogP contribution is 2.33. The van der Waals surface area contributed by atoms with E-state index in [1.807, 2.05) is 6.07 Å². The maximum atomic E-state index is 5.75. The standard InChI is InChI=1S/C11H17N3/c12-10-8-13-7-5-11(10)14-6-1-2-9-3-4-9/h5,7-9H,1-4,6,12H2,(H,13,14). The summed E-state index contributed by atoms with van der Waals surface area (Å²) in [6.45, 7) is 1.02. The summed E-state index contributed by atoms with van der Waals surface area (Å²) in [5.41, 5.74) is 7.50. The van der Waals surface area contributed by atoms with Crippen LogP contribution in [0.5, 0.6) is 0 Å². The molecule has 1 aliphatic carbocycles. The van der Waals surface area contributed by atoms with Crippen LogP contribution < -0.4 is 11.1 Å². The van der Waals surface area contributed by atoms with E-state index in [1.165, 1.54) is 25.7 Å². The molecule has 0 bridgehead atoms. The number of anilines is 2. The molecule has 0 saturated heterocycles. The van der Waals surface area contributed by atoms with Crippen molar-refractivity contribution in [2.24, 2.45) is 5.92 Å². The second-order valence-corrected chi connectivity index (χ2v) is 3.98. The van der Waals surface area contributed by atoms with Gasteiger partial charge in [-0.1, -0.05) is 12.8 Å². The van der Waals surface area contributed by atoms with E-state index >= 15 is 0 Å². The van der Waals surface area contributed by atoms with Crippen molar-refractivity contribution in [3.63, 3.8) is 0 Å². The molecule has 2 rings (SSSR count). The van der Waals surface area contributed by atoms with E-state index in [0.29, 0.717) is 0 Å². The highest BCUT2D eigenvalue weighted by Gasteiger charge is 2.19. The largest absolute Gasteiger partial charge is 0.396 e. The third-order valence-electron chi connectivity index (χ3n) is 2.65. The molecule has 0 spiro atoms. The molecule has 0 radical (unpaired) electrons. The van der Waals surface area contributed by atoms with Gasteiger partial charge in [-0.2, -0.15) is 0 Å². The minimum absolute atomic E-state index is 0.735. The molecular weight excluding hydrogens is 174 g/mol. The van der Waals surface area contributed by atoms with Gasteiger partial charge < -0.3 is 11.1 Å². The first-order valence-electron chi connectivity index (χ1n) is 5.29. The Balaban J connectivity index is 1.71. The highest BCUT2D eigenvalue weighted by atomic mass is 14.9. The lowest BCUT2D eigenvalue weighted by molar-refractivity contribution is 0.687. The Morgan fingerprint density at radius 3 is 3.07 bits per heavy atom. The number of nitrogen functional groups attached to an aromatic ring is 1. The van der Waals surface area contributed by atoms with Gasteiger partial charge in [0.05, 0.1) is 17.6 Å². The Bertz CT molecular complexity index is 294. The van der Waals surface area contributed by atoms with Crippen LogP contribution >= 0.6 is 0 Å². The molecule has 1 aromatic rings. The normalized spacial score (nSPS) is 15.4. The lowest BCUT2D eigenvalue weighted by Crippen LogP contribution is -2.04. The maximum absolute atomic E-state index is 5.75. The molecule has 1 fully saturated rings. The van der Waals surface area contributed by atoms with Gasteiger partial charge in [0.15, 0.2) is 0 Å². The molecule has 3 nitrogen and oxygen atoms in total. The number of aromatic nitrogens is 1. The lowest BCUT2D eigenvalue weighted by atomic mass is 10.2. The van der Waals surface area contributed by atoms with Crippen LogP contribution in [-0.2, 0) is 0 Å². The summed E-state index contributed by atoms with van der Waals surface area (Å²) in [7, 11) is 0. The van der Waals surface area contributed by atoms with Crippen molar-refractivity contribution < 1.29 is 0 Å². The molecule has 0 amide bonds. The topological polar surface area (TPSA) is 50.9 Å². The van der Waals surface area contributed by atoms with Gasteiger partial charge in [-0.25, -0.2) is 0 Å². The van der Waals surface area contributed by atoms with Crippen molar-refractivity contribution in [1.82, 2.24) is 4.98 Å². The summed E-state index contributed by atoms with van der Waals surface area (Å²) in [6, 6.07) is 1.92. The molecule has 1 heterocycles. The van der Waals surface area contributed by atoms with Gasteiger partial charge >= 0.3 is 0 Å². The predicted octanol–water partition coefficient (Wildman–Crippen LogP) is 2.27. The summed E-state index contributed by atoms with van der Waals surface area (Å²) in [5.74, 6) is 1.02. The zero-order valence-electron chi connectivity index (χ0n) is 8.37. The van der Waals surface area contributed by atoms with E-state index < -0.39 is 0 Å². The van der Waals surface area contributed by atoms with Gasteiger partial charge in [0, 0.05) is 12.7 Å². The zero-order valence-corrected chi connectivity index (χ0v) is 8.37. The van der Waals surface area contributed by atoms with Gasteiger partial charge in [-0.3, -0.25) is 4.98 Å². The molecule has 3 heteroatoms. The van der Waals surface area contributed by atoms with Gasteiger partial charge in [-0.05, 0) is 24.8 Å². The Labute approximate surface area is 84.7 Å². The Morgan fingerprint density at radius 2 is 2.36 bits per heavy atom. The van der Waals surface area contributed by atoms with Crippen molar-refractivity contribution in [3.8, 4) is 0 Å². The number of pyridine rings is 1. The quantitative estimate of drug-likeness (QED) is 0.702. The summed E-state index contributed by atoms with van der Waals surface area (Å²) in [6.07, 6.45) is 8.93. The van der Waals surface area contributed by atoms with E-state index in [1.54, 1.807) is 12.4 Å². The third kappa shape index (κ3) is 2.62. The third-order valence-corrected chi connectivity index (χ3v) is 2.65. The van der Waals surface area contributed by atoms with Crippen molar-refractivity contribution in [1.29, 1.82) is 0 Å². The van der Waals surface area contributed by atoms with E-state index in [0.717, 1.165) is 23.8 Å². The molecule has 1 saturated carbocycles. The maximum Gasteiger partial charge on any atom is 0.0736 e. The average molecular weight is 191 g/mol. The van der Waals surface area contributed by atoms with Crippen LogP contribution in [0.4, 0.5) is 11.4 Å². The molecule has 0 aliphatic heterocycles. The van der Waals surface area contributed by atoms with Crippen molar-refractivity contribution in [3.05, 3.63) is 18.5 Å². The summed E-state index contributed by atoms with van der Waals surface area (Å²) < 4.78 is 0. The SMILES string of the molecule is Nc1cnccc1NCCCC1CC1. The van der Waals surface area contributed by atoms with Crippen LogP contribution in [0.2, 0.25) is 0 Å². The van der Waals surface area contributed by atoms with E-state index in [-0.39, 0.29) is 0 Å². The van der Waals surface area contributed by atoms with Crippen molar-refractivity contribution in [2.45, 2.75) is 25.7 Å². The molecule has 14 heavy (non-hydrogen) atoms. The molecule has 0 atom stereocenters.